The van der Waals surface area contributed by atoms with Crippen LogP contribution in [0.25, 0.3) is 0 Å². The SMILES string of the molecule is CC1(C)Oc2ccccc2N(CCC(=O)NCc2ccccc2)C1=O. The lowest BCUT2D eigenvalue weighted by atomic mass is 10.0. The minimum absolute atomic E-state index is 0.0848. The van der Waals surface area contributed by atoms with Gasteiger partial charge < -0.3 is 15.0 Å². The molecule has 2 aromatic rings. The number of carbonyl (C=O) groups excluding carboxylic acids is 2. The van der Waals surface area contributed by atoms with Crippen molar-refractivity contribution >= 4 is 17.5 Å². The third-order valence-electron chi connectivity index (χ3n) is 4.18. The van der Waals surface area contributed by atoms with Crippen LogP contribution in [0.5, 0.6) is 5.75 Å². The average Bonchev–Trinajstić information content (AvgIpc) is 2.61. The van der Waals surface area contributed by atoms with Gasteiger partial charge in [-0.15, -0.1) is 0 Å². The topological polar surface area (TPSA) is 58.6 Å². The fraction of sp³-hybridized carbons (Fsp3) is 0.300. The largest absolute Gasteiger partial charge is 0.476 e. The van der Waals surface area contributed by atoms with Crippen LogP contribution in [0.2, 0.25) is 0 Å². The zero-order valence-electron chi connectivity index (χ0n) is 14.5. The molecule has 130 valence electrons. The quantitative estimate of drug-likeness (QED) is 0.912. The molecule has 0 radical (unpaired) electrons. The highest BCUT2D eigenvalue weighted by Gasteiger charge is 2.40. The van der Waals surface area contributed by atoms with Crippen molar-refractivity contribution in [2.45, 2.75) is 32.4 Å². The first-order chi connectivity index (χ1) is 12.0. The lowest BCUT2D eigenvalue weighted by molar-refractivity contribution is -0.132. The molecule has 0 saturated heterocycles. The highest BCUT2D eigenvalue weighted by molar-refractivity contribution is 6.02. The molecule has 0 aromatic heterocycles. The molecule has 0 aliphatic carbocycles. The Bertz CT molecular complexity index is 772. The Balaban J connectivity index is 1.63. The Morgan fingerprint density at radius 2 is 1.76 bits per heavy atom. The highest BCUT2D eigenvalue weighted by Crippen LogP contribution is 2.37. The normalized spacial score (nSPS) is 15.3. The first-order valence-corrected chi connectivity index (χ1v) is 8.38. The van der Waals surface area contributed by atoms with Gasteiger partial charge in [0.05, 0.1) is 5.69 Å². The molecule has 25 heavy (non-hydrogen) atoms. The van der Waals surface area contributed by atoms with Crippen LogP contribution in [0.4, 0.5) is 5.69 Å². The molecular formula is C20H22N2O3. The summed E-state index contributed by atoms with van der Waals surface area (Å²) >= 11 is 0. The van der Waals surface area contributed by atoms with Crippen molar-refractivity contribution in [1.82, 2.24) is 5.32 Å². The molecule has 5 nitrogen and oxygen atoms in total. The van der Waals surface area contributed by atoms with E-state index in [0.717, 1.165) is 5.56 Å². The van der Waals surface area contributed by atoms with Crippen molar-refractivity contribution in [1.29, 1.82) is 0 Å². The smallest absolute Gasteiger partial charge is 0.270 e. The minimum Gasteiger partial charge on any atom is -0.476 e. The summed E-state index contributed by atoms with van der Waals surface area (Å²) in [5, 5.41) is 2.89. The van der Waals surface area contributed by atoms with E-state index in [1.165, 1.54) is 0 Å². The zero-order valence-corrected chi connectivity index (χ0v) is 14.5. The second-order valence-corrected chi connectivity index (χ2v) is 6.55. The van der Waals surface area contributed by atoms with E-state index in [2.05, 4.69) is 5.32 Å². The van der Waals surface area contributed by atoms with Gasteiger partial charge in [0.2, 0.25) is 5.91 Å². The van der Waals surface area contributed by atoms with E-state index in [1.54, 1.807) is 18.7 Å². The van der Waals surface area contributed by atoms with Crippen molar-refractivity contribution in [3.63, 3.8) is 0 Å². The number of fused-ring (bicyclic) bond motifs is 1. The maximum absolute atomic E-state index is 12.7. The molecule has 1 N–H and O–H groups in total. The van der Waals surface area contributed by atoms with Crippen molar-refractivity contribution < 1.29 is 14.3 Å². The van der Waals surface area contributed by atoms with E-state index in [9.17, 15) is 9.59 Å². The summed E-state index contributed by atoms with van der Waals surface area (Å²) in [7, 11) is 0. The van der Waals surface area contributed by atoms with E-state index in [4.69, 9.17) is 4.74 Å². The van der Waals surface area contributed by atoms with Gasteiger partial charge in [0.25, 0.3) is 5.91 Å². The maximum Gasteiger partial charge on any atom is 0.270 e. The van der Waals surface area contributed by atoms with Crippen LogP contribution in [-0.2, 0) is 16.1 Å². The monoisotopic (exact) mass is 338 g/mol. The maximum atomic E-state index is 12.7. The predicted molar refractivity (Wildman–Crippen MR) is 96.4 cm³/mol. The van der Waals surface area contributed by atoms with Gasteiger partial charge in [-0.1, -0.05) is 42.5 Å². The summed E-state index contributed by atoms with van der Waals surface area (Å²) in [6.45, 7) is 4.30. The first-order valence-electron chi connectivity index (χ1n) is 8.38. The molecule has 1 heterocycles. The number of para-hydroxylation sites is 2. The van der Waals surface area contributed by atoms with Crippen LogP contribution in [-0.4, -0.2) is 24.0 Å². The van der Waals surface area contributed by atoms with E-state index >= 15 is 0 Å². The second kappa shape index (κ2) is 6.97. The van der Waals surface area contributed by atoms with Crippen LogP contribution in [0.3, 0.4) is 0 Å². The minimum atomic E-state index is -0.936. The second-order valence-electron chi connectivity index (χ2n) is 6.55. The van der Waals surface area contributed by atoms with Gasteiger partial charge in [-0.3, -0.25) is 9.59 Å². The molecule has 5 heteroatoms. The van der Waals surface area contributed by atoms with Gasteiger partial charge in [0.15, 0.2) is 5.60 Å². The number of amides is 2. The molecule has 2 aromatic carbocycles. The molecule has 0 unspecified atom stereocenters. The fourth-order valence-electron chi connectivity index (χ4n) is 2.84. The van der Waals surface area contributed by atoms with Crippen LogP contribution in [0.15, 0.2) is 54.6 Å². The number of benzene rings is 2. The third kappa shape index (κ3) is 3.82. The molecular weight excluding hydrogens is 316 g/mol. The number of nitrogens with zero attached hydrogens (tertiary/aromatic N) is 1. The molecule has 0 spiro atoms. The average molecular weight is 338 g/mol. The first kappa shape index (κ1) is 17.0. The molecule has 1 aliphatic heterocycles. The van der Waals surface area contributed by atoms with Crippen LogP contribution < -0.4 is 15.0 Å². The number of hydrogen-bond acceptors (Lipinski definition) is 3. The van der Waals surface area contributed by atoms with E-state index in [0.29, 0.717) is 24.5 Å². The molecule has 0 atom stereocenters. The Kier molecular flexibility index (Phi) is 4.74. The molecule has 0 saturated carbocycles. The van der Waals surface area contributed by atoms with Crippen molar-refractivity contribution in [3.8, 4) is 5.75 Å². The summed E-state index contributed by atoms with van der Waals surface area (Å²) in [4.78, 5) is 26.5. The van der Waals surface area contributed by atoms with Gasteiger partial charge in [-0.25, -0.2) is 0 Å². The van der Waals surface area contributed by atoms with Gasteiger partial charge in [-0.05, 0) is 31.5 Å². The summed E-state index contributed by atoms with van der Waals surface area (Å²) in [5.41, 5.74) is 0.821. The Labute approximate surface area is 147 Å². The molecule has 3 rings (SSSR count). The molecule has 0 bridgehead atoms. The standard InChI is InChI=1S/C20H22N2O3/c1-20(2)19(24)22(16-10-6-7-11-17(16)25-20)13-12-18(23)21-14-15-8-4-3-5-9-15/h3-11H,12-14H2,1-2H3,(H,21,23). The van der Waals surface area contributed by atoms with Gasteiger partial charge in [0, 0.05) is 19.5 Å². The number of anilines is 1. The van der Waals surface area contributed by atoms with E-state index < -0.39 is 5.60 Å². The number of rotatable bonds is 5. The summed E-state index contributed by atoms with van der Waals surface area (Å²) in [5.74, 6) is 0.442. The lowest BCUT2D eigenvalue weighted by Gasteiger charge is -2.38. The number of nitrogens with one attached hydrogen (secondary N) is 1. The van der Waals surface area contributed by atoms with Crippen LogP contribution in [0.1, 0.15) is 25.8 Å². The molecule has 0 fully saturated rings. The highest BCUT2D eigenvalue weighted by atomic mass is 16.5. The van der Waals surface area contributed by atoms with Crippen molar-refractivity contribution in [2.24, 2.45) is 0 Å². The Morgan fingerprint density at radius 1 is 1.08 bits per heavy atom. The summed E-state index contributed by atoms with van der Waals surface area (Å²) in [6, 6.07) is 17.1. The fourth-order valence-corrected chi connectivity index (χ4v) is 2.84. The van der Waals surface area contributed by atoms with Crippen molar-refractivity contribution in [2.75, 3.05) is 11.4 Å². The number of hydrogen-bond donors (Lipinski definition) is 1. The zero-order chi connectivity index (χ0) is 17.9. The number of carbonyl (C=O) groups is 2. The van der Waals surface area contributed by atoms with E-state index in [1.807, 2.05) is 54.6 Å². The van der Waals surface area contributed by atoms with Gasteiger partial charge in [-0.2, -0.15) is 0 Å². The van der Waals surface area contributed by atoms with E-state index in [-0.39, 0.29) is 18.2 Å². The van der Waals surface area contributed by atoms with Crippen LogP contribution in [0, 0.1) is 0 Å². The predicted octanol–water partition coefficient (Wildman–Crippen LogP) is 2.90. The number of ether oxygens (including phenoxy) is 1. The van der Waals surface area contributed by atoms with Crippen LogP contribution >= 0.6 is 0 Å². The molecule has 1 aliphatic rings. The van der Waals surface area contributed by atoms with Gasteiger partial charge in [0.1, 0.15) is 5.75 Å². The van der Waals surface area contributed by atoms with Gasteiger partial charge >= 0.3 is 0 Å². The Morgan fingerprint density at radius 3 is 2.52 bits per heavy atom. The third-order valence-corrected chi connectivity index (χ3v) is 4.18. The molecule has 2 amide bonds. The lowest BCUT2D eigenvalue weighted by Crippen LogP contribution is -2.53. The Hall–Kier alpha value is -2.82. The summed E-state index contributed by atoms with van der Waals surface area (Å²) < 4.78 is 5.78. The van der Waals surface area contributed by atoms with Crippen molar-refractivity contribution in [3.05, 3.63) is 60.2 Å². The summed E-state index contributed by atoms with van der Waals surface area (Å²) in [6.07, 6.45) is 0.239.